The monoisotopic (exact) mass is 475 g/mol. The summed E-state index contributed by atoms with van der Waals surface area (Å²) >= 11 is 3.42. The minimum absolute atomic E-state index is 0.187. The van der Waals surface area contributed by atoms with Gasteiger partial charge in [-0.15, -0.1) is 6.58 Å². The Bertz CT molecular complexity index is 1180. The fourth-order valence-corrected chi connectivity index (χ4v) is 4.44. The van der Waals surface area contributed by atoms with E-state index in [0.29, 0.717) is 24.2 Å². The van der Waals surface area contributed by atoms with Crippen LogP contribution in [0.5, 0.6) is 0 Å². The van der Waals surface area contributed by atoms with Gasteiger partial charge < -0.3 is 9.88 Å². The fraction of sp³-hybridized carbons (Fsp3) is 0.190. The van der Waals surface area contributed by atoms with Crippen LogP contribution in [0.1, 0.15) is 16.1 Å². The van der Waals surface area contributed by atoms with Gasteiger partial charge in [0.2, 0.25) is 10.0 Å². The molecule has 0 saturated heterocycles. The molecule has 2 aromatic carbocycles. The zero-order chi connectivity index (χ0) is 21.2. The van der Waals surface area contributed by atoms with Gasteiger partial charge in [0.05, 0.1) is 4.90 Å². The summed E-state index contributed by atoms with van der Waals surface area (Å²) < 4.78 is 28.8. The van der Waals surface area contributed by atoms with Crippen LogP contribution < -0.4 is 5.32 Å². The molecule has 1 heterocycles. The third-order valence-corrected chi connectivity index (χ3v) is 6.84. The number of carbonyl (C=O) groups is 1. The van der Waals surface area contributed by atoms with E-state index in [1.807, 2.05) is 28.8 Å². The number of rotatable bonds is 7. The lowest BCUT2D eigenvalue weighted by Crippen LogP contribution is -2.25. The minimum Gasteiger partial charge on any atom is -0.347 e. The molecule has 1 N–H and O–H groups in total. The van der Waals surface area contributed by atoms with Crippen molar-refractivity contribution >= 4 is 42.8 Å². The number of benzene rings is 2. The Kier molecular flexibility index (Phi) is 6.26. The van der Waals surface area contributed by atoms with Crippen molar-refractivity contribution < 1.29 is 13.2 Å². The smallest absolute Gasteiger partial charge is 0.268 e. The second kappa shape index (κ2) is 8.52. The van der Waals surface area contributed by atoms with E-state index < -0.39 is 10.0 Å². The normalized spacial score (nSPS) is 11.7. The highest BCUT2D eigenvalue weighted by Crippen LogP contribution is 2.25. The standard InChI is InChI=1S/C21H22BrN3O3S/c1-4-10-25-19-9-8-18(29(27,28)24(2)3)12-16(19)13-20(25)21(26)23-14-15-6-5-7-17(22)11-15/h4-9,11-13H,1,10,14H2,2-3H3,(H,23,26). The number of hydrogen-bond donors (Lipinski definition) is 1. The first kappa shape index (κ1) is 21.3. The number of sulfonamides is 1. The van der Waals surface area contributed by atoms with Crippen molar-refractivity contribution in [1.29, 1.82) is 0 Å². The number of hydrogen-bond acceptors (Lipinski definition) is 3. The molecule has 0 aliphatic rings. The molecule has 0 bridgehead atoms. The molecular weight excluding hydrogens is 454 g/mol. The summed E-state index contributed by atoms with van der Waals surface area (Å²) in [5, 5.41) is 3.61. The maximum atomic E-state index is 12.9. The molecule has 29 heavy (non-hydrogen) atoms. The van der Waals surface area contributed by atoms with E-state index in [1.165, 1.54) is 18.4 Å². The van der Waals surface area contributed by atoms with E-state index in [1.54, 1.807) is 30.3 Å². The van der Waals surface area contributed by atoms with E-state index in [0.717, 1.165) is 15.6 Å². The van der Waals surface area contributed by atoms with Gasteiger partial charge in [0, 0.05) is 42.6 Å². The average Bonchev–Trinajstić information content (AvgIpc) is 3.04. The second-order valence-corrected chi connectivity index (χ2v) is 9.82. The van der Waals surface area contributed by atoms with Gasteiger partial charge in [-0.25, -0.2) is 12.7 Å². The van der Waals surface area contributed by atoms with E-state index in [-0.39, 0.29) is 10.8 Å². The molecule has 8 heteroatoms. The third-order valence-electron chi connectivity index (χ3n) is 4.54. The Morgan fingerprint density at radius 3 is 2.62 bits per heavy atom. The topological polar surface area (TPSA) is 71.4 Å². The van der Waals surface area contributed by atoms with Crippen LogP contribution in [-0.4, -0.2) is 37.3 Å². The van der Waals surface area contributed by atoms with Crippen LogP contribution in [0.15, 0.2) is 70.6 Å². The molecule has 0 unspecified atom stereocenters. The summed E-state index contributed by atoms with van der Waals surface area (Å²) in [6, 6.07) is 14.3. The Balaban J connectivity index is 1.96. The van der Waals surface area contributed by atoms with Gasteiger partial charge >= 0.3 is 0 Å². The molecule has 3 aromatic rings. The van der Waals surface area contributed by atoms with Gasteiger partial charge in [0.1, 0.15) is 5.69 Å². The first-order chi connectivity index (χ1) is 13.7. The van der Waals surface area contributed by atoms with Gasteiger partial charge in [-0.05, 0) is 42.0 Å². The Hall–Kier alpha value is -2.42. The highest BCUT2D eigenvalue weighted by molar-refractivity contribution is 9.10. The van der Waals surface area contributed by atoms with Crippen LogP contribution in [0.25, 0.3) is 10.9 Å². The zero-order valence-electron chi connectivity index (χ0n) is 16.2. The van der Waals surface area contributed by atoms with Gasteiger partial charge in [0.25, 0.3) is 5.91 Å². The number of aromatic nitrogens is 1. The van der Waals surface area contributed by atoms with Crippen LogP contribution in [0.4, 0.5) is 0 Å². The number of allylic oxidation sites excluding steroid dienone is 1. The van der Waals surface area contributed by atoms with Crippen LogP contribution in [0, 0.1) is 0 Å². The van der Waals surface area contributed by atoms with Crippen LogP contribution in [0.3, 0.4) is 0 Å². The maximum absolute atomic E-state index is 12.9. The number of amides is 1. The van der Waals surface area contributed by atoms with Crippen molar-refractivity contribution in [2.75, 3.05) is 14.1 Å². The molecule has 0 aliphatic heterocycles. The third kappa shape index (κ3) is 4.44. The average molecular weight is 476 g/mol. The number of fused-ring (bicyclic) bond motifs is 1. The van der Waals surface area contributed by atoms with Crippen LogP contribution in [-0.2, 0) is 23.1 Å². The second-order valence-electron chi connectivity index (χ2n) is 6.75. The lowest BCUT2D eigenvalue weighted by molar-refractivity contribution is 0.0942. The van der Waals surface area contributed by atoms with E-state index >= 15 is 0 Å². The predicted molar refractivity (Wildman–Crippen MR) is 118 cm³/mol. The first-order valence-electron chi connectivity index (χ1n) is 8.93. The van der Waals surface area contributed by atoms with Crippen molar-refractivity contribution in [2.45, 2.75) is 18.0 Å². The number of nitrogens with zero attached hydrogens (tertiary/aromatic N) is 2. The molecule has 0 fully saturated rings. The molecule has 0 aliphatic carbocycles. The Morgan fingerprint density at radius 1 is 1.21 bits per heavy atom. The summed E-state index contributed by atoms with van der Waals surface area (Å²) in [5.74, 6) is -0.236. The molecule has 0 saturated carbocycles. The van der Waals surface area contributed by atoms with E-state index in [4.69, 9.17) is 0 Å². The van der Waals surface area contributed by atoms with E-state index in [9.17, 15) is 13.2 Å². The molecule has 0 radical (unpaired) electrons. The molecule has 0 spiro atoms. The van der Waals surface area contributed by atoms with Crippen LogP contribution in [0.2, 0.25) is 0 Å². The van der Waals surface area contributed by atoms with Gasteiger partial charge in [-0.1, -0.05) is 34.1 Å². The summed E-state index contributed by atoms with van der Waals surface area (Å²) in [5.41, 5.74) is 2.20. The number of halogens is 1. The molecule has 1 amide bonds. The van der Waals surface area contributed by atoms with Crippen molar-refractivity contribution in [2.24, 2.45) is 0 Å². The number of nitrogens with one attached hydrogen (secondary N) is 1. The quantitative estimate of drug-likeness (QED) is 0.528. The van der Waals surface area contributed by atoms with Gasteiger partial charge in [-0.3, -0.25) is 4.79 Å². The number of carbonyl (C=O) groups excluding carboxylic acids is 1. The van der Waals surface area contributed by atoms with Gasteiger partial charge in [0.15, 0.2) is 0 Å². The highest BCUT2D eigenvalue weighted by Gasteiger charge is 2.20. The first-order valence-corrected chi connectivity index (χ1v) is 11.2. The Labute approximate surface area is 179 Å². The summed E-state index contributed by atoms with van der Waals surface area (Å²) in [6.45, 7) is 4.58. The predicted octanol–water partition coefficient (Wildman–Crippen LogP) is 3.77. The molecule has 152 valence electrons. The summed E-state index contributed by atoms with van der Waals surface area (Å²) in [6.07, 6.45) is 1.70. The molecule has 6 nitrogen and oxygen atoms in total. The Morgan fingerprint density at radius 2 is 1.97 bits per heavy atom. The molecule has 3 rings (SSSR count). The SMILES string of the molecule is C=CCn1c(C(=O)NCc2cccc(Br)c2)cc2cc(S(=O)(=O)N(C)C)ccc21. The summed E-state index contributed by atoms with van der Waals surface area (Å²) in [7, 11) is -0.577. The van der Waals surface area contributed by atoms with Crippen molar-refractivity contribution in [1.82, 2.24) is 14.2 Å². The minimum atomic E-state index is -3.56. The van der Waals surface area contributed by atoms with Crippen molar-refractivity contribution in [3.63, 3.8) is 0 Å². The summed E-state index contributed by atoms with van der Waals surface area (Å²) in [4.78, 5) is 13.0. The molecule has 1 aromatic heterocycles. The maximum Gasteiger partial charge on any atom is 0.268 e. The lowest BCUT2D eigenvalue weighted by atomic mass is 10.2. The van der Waals surface area contributed by atoms with Crippen LogP contribution >= 0.6 is 15.9 Å². The van der Waals surface area contributed by atoms with Crippen molar-refractivity contribution in [3.05, 3.63) is 76.9 Å². The molecule has 0 atom stereocenters. The van der Waals surface area contributed by atoms with E-state index in [2.05, 4.69) is 27.8 Å². The molecular formula is C21H22BrN3O3S. The largest absolute Gasteiger partial charge is 0.347 e. The fourth-order valence-electron chi connectivity index (χ4n) is 3.05. The van der Waals surface area contributed by atoms with Gasteiger partial charge in [-0.2, -0.15) is 0 Å². The zero-order valence-corrected chi connectivity index (χ0v) is 18.6. The highest BCUT2D eigenvalue weighted by atomic mass is 79.9. The lowest BCUT2D eigenvalue weighted by Gasteiger charge is -2.12. The van der Waals surface area contributed by atoms with Crippen molar-refractivity contribution in [3.8, 4) is 0 Å².